The van der Waals surface area contributed by atoms with Gasteiger partial charge < -0.3 is 16.4 Å². The first-order chi connectivity index (χ1) is 8.13. The standard InChI is InChI=1S/C13H19N3O/c1-9(7-10-5-6-10)15-11-3-2-4-12(8-11)16-13(14)17/h2-4,8-10,15H,5-7H2,1H3,(H3,14,16,17). The molecule has 0 aliphatic heterocycles. The molecule has 0 saturated heterocycles. The lowest BCUT2D eigenvalue weighted by Crippen LogP contribution is -2.19. The van der Waals surface area contributed by atoms with Crippen LogP contribution in [0.5, 0.6) is 0 Å². The lowest BCUT2D eigenvalue weighted by atomic mass is 10.1. The number of benzene rings is 1. The van der Waals surface area contributed by atoms with Gasteiger partial charge in [-0.3, -0.25) is 0 Å². The van der Waals surface area contributed by atoms with Crippen LogP contribution >= 0.6 is 0 Å². The average Bonchev–Trinajstić information content (AvgIpc) is 3.00. The molecule has 0 spiro atoms. The van der Waals surface area contributed by atoms with Gasteiger partial charge in [0.15, 0.2) is 0 Å². The summed E-state index contributed by atoms with van der Waals surface area (Å²) in [5.74, 6) is 0.907. The number of amides is 2. The van der Waals surface area contributed by atoms with E-state index in [0.29, 0.717) is 6.04 Å². The number of nitrogens with one attached hydrogen (secondary N) is 2. The van der Waals surface area contributed by atoms with Gasteiger partial charge in [0, 0.05) is 17.4 Å². The lowest BCUT2D eigenvalue weighted by Gasteiger charge is -2.15. The van der Waals surface area contributed by atoms with Crippen LogP contribution in [-0.2, 0) is 0 Å². The van der Waals surface area contributed by atoms with Gasteiger partial charge in [0.2, 0.25) is 0 Å². The molecule has 92 valence electrons. The van der Waals surface area contributed by atoms with Gasteiger partial charge in [-0.25, -0.2) is 4.79 Å². The highest BCUT2D eigenvalue weighted by Crippen LogP contribution is 2.34. The molecule has 1 fully saturated rings. The molecule has 1 aliphatic carbocycles. The van der Waals surface area contributed by atoms with Crippen LogP contribution in [0.4, 0.5) is 16.2 Å². The molecule has 4 nitrogen and oxygen atoms in total. The first-order valence-corrected chi connectivity index (χ1v) is 6.06. The van der Waals surface area contributed by atoms with E-state index in [1.807, 2.05) is 24.3 Å². The highest BCUT2D eigenvalue weighted by Gasteiger charge is 2.23. The summed E-state index contributed by atoms with van der Waals surface area (Å²) >= 11 is 0. The van der Waals surface area contributed by atoms with E-state index in [-0.39, 0.29) is 0 Å². The molecule has 2 amide bonds. The molecule has 1 aromatic rings. The predicted octanol–water partition coefficient (Wildman–Crippen LogP) is 2.78. The van der Waals surface area contributed by atoms with Crippen molar-refractivity contribution in [2.75, 3.05) is 10.6 Å². The Kier molecular flexibility index (Phi) is 3.52. The zero-order chi connectivity index (χ0) is 12.3. The molecule has 4 N–H and O–H groups in total. The maximum Gasteiger partial charge on any atom is 0.316 e. The van der Waals surface area contributed by atoms with E-state index in [1.165, 1.54) is 19.3 Å². The van der Waals surface area contributed by atoms with Gasteiger partial charge in [0.1, 0.15) is 0 Å². The number of carbonyl (C=O) groups is 1. The third kappa shape index (κ3) is 3.98. The van der Waals surface area contributed by atoms with Crippen molar-refractivity contribution in [3.8, 4) is 0 Å². The Morgan fingerprint density at radius 2 is 2.18 bits per heavy atom. The van der Waals surface area contributed by atoms with E-state index < -0.39 is 6.03 Å². The number of carbonyl (C=O) groups excluding carboxylic acids is 1. The molecule has 0 radical (unpaired) electrons. The third-order valence-corrected chi connectivity index (χ3v) is 2.93. The summed E-state index contributed by atoms with van der Waals surface area (Å²) in [4.78, 5) is 10.7. The van der Waals surface area contributed by atoms with E-state index in [2.05, 4.69) is 17.6 Å². The fourth-order valence-electron chi connectivity index (χ4n) is 2.03. The third-order valence-electron chi connectivity index (χ3n) is 2.93. The fraction of sp³-hybridized carbons (Fsp3) is 0.462. The van der Waals surface area contributed by atoms with Gasteiger partial charge in [-0.2, -0.15) is 0 Å². The number of anilines is 2. The van der Waals surface area contributed by atoms with Crippen LogP contribution in [-0.4, -0.2) is 12.1 Å². The predicted molar refractivity (Wildman–Crippen MR) is 70.1 cm³/mol. The topological polar surface area (TPSA) is 67.2 Å². The van der Waals surface area contributed by atoms with Crippen molar-refractivity contribution in [1.82, 2.24) is 0 Å². The van der Waals surface area contributed by atoms with Gasteiger partial charge in [-0.05, 0) is 37.5 Å². The van der Waals surface area contributed by atoms with E-state index in [0.717, 1.165) is 17.3 Å². The first-order valence-electron chi connectivity index (χ1n) is 6.06. The molecule has 0 bridgehead atoms. The van der Waals surface area contributed by atoms with Crippen LogP contribution in [0.1, 0.15) is 26.2 Å². The van der Waals surface area contributed by atoms with Gasteiger partial charge in [-0.1, -0.05) is 18.9 Å². The van der Waals surface area contributed by atoms with E-state index in [1.54, 1.807) is 0 Å². The van der Waals surface area contributed by atoms with E-state index in [9.17, 15) is 4.79 Å². The fourth-order valence-corrected chi connectivity index (χ4v) is 2.03. The highest BCUT2D eigenvalue weighted by molar-refractivity contribution is 5.88. The molecule has 1 atom stereocenters. The van der Waals surface area contributed by atoms with Gasteiger partial charge >= 0.3 is 6.03 Å². The Bertz CT molecular complexity index is 401. The Labute approximate surface area is 102 Å². The first kappa shape index (κ1) is 11.8. The van der Waals surface area contributed by atoms with Crippen molar-refractivity contribution in [3.63, 3.8) is 0 Å². The molecule has 1 aromatic carbocycles. The lowest BCUT2D eigenvalue weighted by molar-refractivity contribution is 0.259. The average molecular weight is 233 g/mol. The smallest absolute Gasteiger partial charge is 0.316 e. The maximum atomic E-state index is 10.7. The number of nitrogens with two attached hydrogens (primary N) is 1. The summed E-state index contributed by atoms with van der Waals surface area (Å²) in [6.07, 6.45) is 3.96. The second kappa shape index (κ2) is 5.08. The van der Waals surface area contributed by atoms with Crippen LogP contribution < -0.4 is 16.4 Å². The minimum Gasteiger partial charge on any atom is -0.383 e. The molecule has 17 heavy (non-hydrogen) atoms. The van der Waals surface area contributed by atoms with Crippen molar-refractivity contribution in [2.24, 2.45) is 11.7 Å². The molecule has 1 saturated carbocycles. The second-order valence-electron chi connectivity index (χ2n) is 4.79. The number of hydrogen-bond donors (Lipinski definition) is 3. The van der Waals surface area contributed by atoms with Crippen LogP contribution in [0.15, 0.2) is 24.3 Å². The number of primary amides is 1. The monoisotopic (exact) mass is 233 g/mol. The number of hydrogen-bond acceptors (Lipinski definition) is 2. The Morgan fingerprint density at radius 1 is 1.47 bits per heavy atom. The normalized spacial score (nSPS) is 16.3. The molecular formula is C13H19N3O. The van der Waals surface area contributed by atoms with E-state index >= 15 is 0 Å². The van der Waals surface area contributed by atoms with Crippen molar-refractivity contribution in [2.45, 2.75) is 32.2 Å². The quantitative estimate of drug-likeness (QED) is 0.732. The summed E-state index contributed by atoms with van der Waals surface area (Å²) in [7, 11) is 0. The van der Waals surface area contributed by atoms with Gasteiger partial charge in [0.05, 0.1) is 0 Å². The highest BCUT2D eigenvalue weighted by atomic mass is 16.2. The maximum absolute atomic E-state index is 10.7. The van der Waals surface area contributed by atoms with Crippen molar-refractivity contribution >= 4 is 17.4 Å². The van der Waals surface area contributed by atoms with Crippen LogP contribution in [0, 0.1) is 5.92 Å². The van der Waals surface area contributed by atoms with Crippen molar-refractivity contribution in [1.29, 1.82) is 0 Å². The molecule has 1 unspecified atom stereocenters. The largest absolute Gasteiger partial charge is 0.383 e. The summed E-state index contributed by atoms with van der Waals surface area (Å²) in [6.45, 7) is 2.19. The number of urea groups is 1. The van der Waals surface area contributed by atoms with Crippen molar-refractivity contribution in [3.05, 3.63) is 24.3 Å². The summed E-state index contributed by atoms with van der Waals surface area (Å²) in [5.41, 5.74) is 6.82. The van der Waals surface area contributed by atoms with Gasteiger partial charge in [0.25, 0.3) is 0 Å². The molecule has 0 aromatic heterocycles. The second-order valence-corrected chi connectivity index (χ2v) is 4.79. The minimum absolute atomic E-state index is 0.464. The summed E-state index contributed by atoms with van der Waals surface area (Å²) in [6, 6.07) is 7.54. The Morgan fingerprint density at radius 3 is 2.82 bits per heavy atom. The summed E-state index contributed by atoms with van der Waals surface area (Å²) in [5, 5.41) is 6.01. The molecule has 1 aliphatic rings. The minimum atomic E-state index is -0.534. The van der Waals surface area contributed by atoms with Crippen LogP contribution in [0.2, 0.25) is 0 Å². The SMILES string of the molecule is CC(CC1CC1)Nc1cccc(NC(N)=O)c1. The zero-order valence-electron chi connectivity index (χ0n) is 10.1. The molecule has 0 heterocycles. The molecule has 4 heteroatoms. The Balaban J connectivity index is 1.92. The summed E-state index contributed by atoms with van der Waals surface area (Å²) < 4.78 is 0. The van der Waals surface area contributed by atoms with Gasteiger partial charge in [-0.15, -0.1) is 0 Å². The van der Waals surface area contributed by atoms with Crippen molar-refractivity contribution < 1.29 is 4.79 Å². The van der Waals surface area contributed by atoms with Crippen LogP contribution in [0.25, 0.3) is 0 Å². The zero-order valence-corrected chi connectivity index (χ0v) is 10.1. The van der Waals surface area contributed by atoms with Crippen LogP contribution in [0.3, 0.4) is 0 Å². The van der Waals surface area contributed by atoms with E-state index in [4.69, 9.17) is 5.73 Å². The Hall–Kier alpha value is -1.71. The number of rotatable bonds is 5. The molecule has 2 rings (SSSR count). The molecular weight excluding hydrogens is 214 g/mol.